The number of primary amides is 1. The molecule has 4 rings (SSSR count). The summed E-state index contributed by atoms with van der Waals surface area (Å²) in [5, 5.41) is 5.83. The molecule has 4 heterocycles. The van der Waals surface area contributed by atoms with Gasteiger partial charge < -0.3 is 14.7 Å². The minimum Gasteiger partial charge on any atom is -0.467 e. The van der Waals surface area contributed by atoms with Gasteiger partial charge in [-0.1, -0.05) is 0 Å². The highest BCUT2D eigenvalue weighted by molar-refractivity contribution is 7.14. The van der Waals surface area contributed by atoms with Crippen LogP contribution in [0.4, 0.5) is 0 Å². The molecule has 26 heavy (non-hydrogen) atoms. The zero-order valence-electron chi connectivity index (χ0n) is 14.2. The lowest BCUT2D eigenvalue weighted by Crippen LogP contribution is -2.12. The molecule has 132 valence electrons. The number of thiazole rings is 2. The van der Waals surface area contributed by atoms with Gasteiger partial charge in [0.25, 0.3) is 5.91 Å². The van der Waals surface area contributed by atoms with Gasteiger partial charge in [-0.2, -0.15) is 0 Å². The Bertz CT molecular complexity index is 1070. The zero-order chi connectivity index (χ0) is 18.3. The Morgan fingerprint density at radius 3 is 2.69 bits per heavy atom. The maximum atomic E-state index is 11.8. The van der Waals surface area contributed by atoms with Crippen molar-refractivity contribution in [2.75, 3.05) is 0 Å². The Hall–Kier alpha value is -2.71. The van der Waals surface area contributed by atoms with Crippen molar-refractivity contribution < 1.29 is 9.21 Å². The minimum atomic E-state index is -0.451. The van der Waals surface area contributed by atoms with Crippen LogP contribution in [0.2, 0.25) is 0 Å². The molecule has 0 atom stereocenters. The number of furan rings is 1. The van der Waals surface area contributed by atoms with Crippen LogP contribution in [0.25, 0.3) is 22.1 Å². The molecular weight excluding hydrogens is 368 g/mol. The Balaban J connectivity index is 1.79. The summed E-state index contributed by atoms with van der Waals surface area (Å²) in [6.07, 6.45) is 1.63. The summed E-state index contributed by atoms with van der Waals surface area (Å²) in [6.45, 7) is 4.35. The second-order valence-electron chi connectivity index (χ2n) is 5.85. The van der Waals surface area contributed by atoms with E-state index in [-0.39, 0.29) is 0 Å². The number of rotatable bonds is 5. The smallest absolute Gasteiger partial charge is 0.250 e. The molecule has 0 unspecified atom stereocenters. The average Bonchev–Trinajstić information content (AvgIpc) is 3.36. The lowest BCUT2D eigenvalue weighted by molar-refractivity contribution is 0.0999. The highest BCUT2D eigenvalue weighted by Gasteiger charge is 2.20. The van der Waals surface area contributed by atoms with E-state index in [0.29, 0.717) is 12.1 Å². The number of nitrogens with two attached hydrogens (primary N) is 1. The number of carbonyl (C=O) groups is 1. The average molecular weight is 384 g/mol. The third-order valence-electron chi connectivity index (χ3n) is 4.13. The van der Waals surface area contributed by atoms with Gasteiger partial charge in [0, 0.05) is 16.5 Å². The Kier molecular flexibility index (Phi) is 4.21. The van der Waals surface area contributed by atoms with E-state index >= 15 is 0 Å². The first-order valence-corrected chi connectivity index (χ1v) is 9.69. The van der Waals surface area contributed by atoms with Crippen molar-refractivity contribution >= 4 is 28.6 Å². The SMILES string of the molecule is Cc1nc(-c2nc(-c3cc(C(N)=O)c(C)n3Cc3ccco3)cs2)cs1. The highest BCUT2D eigenvalue weighted by atomic mass is 32.1. The molecule has 0 fully saturated rings. The van der Waals surface area contributed by atoms with Gasteiger partial charge in [0.1, 0.15) is 16.5 Å². The molecule has 0 aliphatic heterocycles. The first kappa shape index (κ1) is 16.7. The van der Waals surface area contributed by atoms with Crippen LogP contribution < -0.4 is 5.73 Å². The fraction of sp³-hybridized carbons (Fsp3) is 0.167. The number of hydrogen-bond donors (Lipinski definition) is 1. The monoisotopic (exact) mass is 384 g/mol. The molecule has 4 aromatic heterocycles. The third kappa shape index (κ3) is 2.97. The van der Waals surface area contributed by atoms with Crippen LogP contribution in [0, 0.1) is 13.8 Å². The van der Waals surface area contributed by atoms with E-state index < -0.39 is 5.91 Å². The van der Waals surface area contributed by atoms with E-state index in [1.165, 1.54) is 11.3 Å². The predicted octanol–water partition coefficient (Wildman–Crippen LogP) is 4.09. The summed E-state index contributed by atoms with van der Waals surface area (Å²) >= 11 is 3.13. The molecule has 0 aromatic carbocycles. The van der Waals surface area contributed by atoms with Gasteiger partial charge >= 0.3 is 0 Å². The molecule has 8 heteroatoms. The molecule has 0 aliphatic rings. The van der Waals surface area contributed by atoms with Crippen molar-refractivity contribution in [2.24, 2.45) is 5.73 Å². The summed E-state index contributed by atoms with van der Waals surface area (Å²) in [5.74, 6) is 0.346. The van der Waals surface area contributed by atoms with Crippen molar-refractivity contribution in [3.05, 3.63) is 57.2 Å². The van der Waals surface area contributed by atoms with Gasteiger partial charge in [0.2, 0.25) is 0 Å². The maximum absolute atomic E-state index is 11.8. The second kappa shape index (κ2) is 6.54. The number of hydrogen-bond acceptors (Lipinski definition) is 6. The first-order chi connectivity index (χ1) is 12.5. The zero-order valence-corrected chi connectivity index (χ0v) is 15.9. The number of aryl methyl sites for hydroxylation is 1. The predicted molar refractivity (Wildman–Crippen MR) is 102 cm³/mol. The lowest BCUT2D eigenvalue weighted by atomic mass is 10.2. The standard InChI is InChI=1S/C18H16N4O2S2/c1-10-13(17(19)23)6-16(22(10)7-12-4-3-5-24-12)14-8-26-18(21-14)15-9-25-11(2)20-15/h3-6,8-9H,7H2,1-2H3,(H2,19,23). The molecule has 0 saturated heterocycles. The molecule has 4 aromatic rings. The van der Waals surface area contributed by atoms with Crippen LogP contribution in [0.15, 0.2) is 39.6 Å². The molecule has 1 amide bonds. The second-order valence-corrected chi connectivity index (χ2v) is 7.77. The fourth-order valence-corrected chi connectivity index (χ4v) is 4.28. The molecule has 0 saturated carbocycles. The van der Waals surface area contributed by atoms with Gasteiger partial charge in [0.05, 0.1) is 34.8 Å². The van der Waals surface area contributed by atoms with Crippen LogP contribution in [0.3, 0.4) is 0 Å². The van der Waals surface area contributed by atoms with Gasteiger partial charge in [-0.15, -0.1) is 22.7 Å². The topological polar surface area (TPSA) is 86.9 Å². The largest absolute Gasteiger partial charge is 0.467 e. The Morgan fingerprint density at radius 1 is 1.23 bits per heavy atom. The molecule has 0 radical (unpaired) electrons. The van der Waals surface area contributed by atoms with Crippen molar-refractivity contribution in [1.82, 2.24) is 14.5 Å². The van der Waals surface area contributed by atoms with E-state index in [1.807, 2.05) is 41.3 Å². The number of aromatic nitrogens is 3. The Labute approximate surface area is 157 Å². The summed E-state index contributed by atoms with van der Waals surface area (Å²) in [6, 6.07) is 5.54. The van der Waals surface area contributed by atoms with Crippen molar-refractivity contribution in [3.63, 3.8) is 0 Å². The van der Waals surface area contributed by atoms with E-state index in [2.05, 4.69) is 4.98 Å². The summed E-state index contributed by atoms with van der Waals surface area (Å²) in [5.41, 5.74) is 9.33. The van der Waals surface area contributed by atoms with Crippen molar-refractivity contribution in [1.29, 1.82) is 0 Å². The molecule has 0 aliphatic carbocycles. The van der Waals surface area contributed by atoms with Crippen LogP contribution in [0.5, 0.6) is 0 Å². The maximum Gasteiger partial charge on any atom is 0.250 e. The number of amides is 1. The number of carbonyl (C=O) groups excluding carboxylic acids is 1. The summed E-state index contributed by atoms with van der Waals surface area (Å²) < 4.78 is 7.47. The summed E-state index contributed by atoms with van der Waals surface area (Å²) in [4.78, 5) is 21.0. The van der Waals surface area contributed by atoms with Crippen LogP contribution in [0.1, 0.15) is 26.8 Å². The van der Waals surface area contributed by atoms with E-state index in [9.17, 15) is 4.79 Å². The van der Waals surface area contributed by atoms with Gasteiger partial charge in [-0.3, -0.25) is 4.79 Å². The number of nitrogens with zero attached hydrogens (tertiary/aromatic N) is 3. The van der Waals surface area contributed by atoms with Gasteiger partial charge in [-0.05, 0) is 32.0 Å². The van der Waals surface area contributed by atoms with Crippen LogP contribution in [-0.4, -0.2) is 20.4 Å². The van der Waals surface area contributed by atoms with Gasteiger partial charge in [-0.25, -0.2) is 9.97 Å². The van der Waals surface area contributed by atoms with E-state index in [4.69, 9.17) is 15.1 Å². The lowest BCUT2D eigenvalue weighted by Gasteiger charge is -2.08. The minimum absolute atomic E-state index is 0.451. The van der Waals surface area contributed by atoms with Gasteiger partial charge in [0.15, 0.2) is 0 Å². The highest BCUT2D eigenvalue weighted by Crippen LogP contribution is 2.32. The van der Waals surface area contributed by atoms with Crippen LogP contribution >= 0.6 is 22.7 Å². The van der Waals surface area contributed by atoms with Crippen molar-refractivity contribution in [3.8, 4) is 22.1 Å². The third-order valence-corrected chi connectivity index (χ3v) is 5.77. The molecule has 0 bridgehead atoms. The first-order valence-electron chi connectivity index (χ1n) is 7.93. The van der Waals surface area contributed by atoms with Crippen molar-refractivity contribution in [2.45, 2.75) is 20.4 Å². The quantitative estimate of drug-likeness (QED) is 0.561. The van der Waals surface area contributed by atoms with E-state index in [1.54, 1.807) is 23.7 Å². The Morgan fingerprint density at radius 2 is 2.04 bits per heavy atom. The molecule has 2 N–H and O–H groups in total. The molecular formula is C18H16N4O2S2. The fourth-order valence-electron chi connectivity index (χ4n) is 2.84. The normalized spacial score (nSPS) is 11.2. The molecule has 6 nitrogen and oxygen atoms in total. The summed E-state index contributed by atoms with van der Waals surface area (Å²) in [7, 11) is 0. The molecule has 0 spiro atoms. The van der Waals surface area contributed by atoms with E-state index in [0.717, 1.165) is 38.6 Å². The van der Waals surface area contributed by atoms with Crippen LogP contribution in [-0.2, 0) is 6.54 Å².